The second-order valence-electron chi connectivity index (χ2n) is 4.99. The van der Waals surface area contributed by atoms with Gasteiger partial charge in [0.1, 0.15) is 0 Å². The summed E-state index contributed by atoms with van der Waals surface area (Å²) in [4.78, 5) is 2.38. The van der Waals surface area contributed by atoms with E-state index in [0.717, 1.165) is 23.8 Å². The molecule has 0 aromatic heterocycles. The van der Waals surface area contributed by atoms with E-state index in [1.165, 1.54) is 12.8 Å². The molecule has 0 spiro atoms. The van der Waals surface area contributed by atoms with Gasteiger partial charge in [-0.25, -0.2) is 0 Å². The summed E-state index contributed by atoms with van der Waals surface area (Å²) in [6.45, 7) is 6.46. The smallest absolute Gasteiger partial charge is 0.0654 e. The Kier molecular flexibility index (Phi) is 4.77. The molecule has 1 saturated heterocycles. The van der Waals surface area contributed by atoms with Gasteiger partial charge in [-0.05, 0) is 31.5 Å². The van der Waals surface area contributed by atoms with Gasteiger partial charge in [-0.1, -0.05) is 36.5 Å². The highest BCUT2D eigenvalue weighted by molar-refractivity contribution is 6.36. The number of anilines is 1. The molecule has 1 aliphatic heterocycles. The molecule has 1 aromatic carbocycles. The zero-order valence-electron chi connectivity index (χ0n) is 10.9. The van der Waals surface area contributed by atoms with Crippen molar-refractivity contribution in [2.75, 3.05) is 18.0 Å². The van der Waals surface area contributed by atoms with Crippen molar-refractivity contribution in [2.24, 2.45) is 0 Å². The van der Waals surface area contributed by atoms with Crippen LogP contribution in [0.15, 0.2) is 18.2 Å². The van der Waals surface area contributed by atoms with Crippen LogP contribution in [0.2, 0.25) is 10.0 Å². The van der Waals surface area contributed by atoms with E-state index in [1.54, 1.807) is 0 Å². The van der Waals surface area contributed by atoms with E-state index in [-0.39, 0.29) is 0 Å². The Morgan fingerprint density at radius 2 is 2.17 bits per heavy atom. The molecule has 1 N–H and O–H groups in total. The summed E-state index contributed by atoms with van der Waals surface area (Å²) in [5.74, 6) is 0. The van der Waals surface area contributed by atoms with E-state index in [0.29, 0.717) is 17.1 Å². The quantitative estimate of drug-likeness (QED) is 0.905. The van der Waals surface area contributed by atoms with Crippen LogP contribution in [-0.4, -0.2) is 25.2 Å². The summed E-state index contributed by atoms with van der Waals surface area (Å²) >= 11 is 12.3. The van der Waals surface area contributed by atoms with Crippen LogP contribution in [-0.2, 0) is 0 Å². The summed E-state index contributed by atoms with van der Waals surface area (Å²) in [6, 6.07) is 6.76. The molecule has 2 nitrogen and oxygen atoms in total. The van der Waals surface area contributed by atoms with Crippen molar-refractivity contribution in [3.05, 3.63) is 28.2 Å². The minimum Gasteiger partial charge on any atom is -0.365 e. The van der Waals surface area contributed by atoms with Gasteiger partial charge in [-0.15, -0.1) is 0 Å². The van der Waals surface area contributed by atoms with Crippen LogP contribution in [0.4, 0.5) is 5.69 Å². The molecular formula is C14H20Cl2N2. The Balaban J connectivity index is 2.18. The third-order valence-electron chi connectivity index (χ3n) is 3.51. The van der Waals surface area contributed by atoms with Crippen molar-refractivity contribution in [1.29, 1.82) is 0 Å². The van der Waals surface area contributed by atoms with Gasteiger partial charge >= 0.3 is 0 Å². The lowest BCUT2D eigenvalue weighted by Crippen LogP contribution is -2.55. The van der Waals surface area contributed by atoms with Gasteiger partial charge < -0.3 is 10.2 Å². The standard InChI is InChI=1S/C14H20Cl2N2/c1-3-4-12-9-18(10(2)8-17-12)14-6-5-11(15)7-13(14)16/h5-7,10,12,17H,3-4,8-9H2,1-2H3. The summed E-state index contributed by atoms with van der Waals surface area (Å²) in [5.41, 5.74) is 1.09. The molecule has 1 aromatic rings. The van der Waals surface area contributed by atoms with E-state index in [2.05, 4.69) is 24.1 Å². The molecule has 0 saturated carbocycles. The molecule has 4 heteroatoms. The summed E-state index contributed by atoms with van der Waals surface area (Å²) in [7, 11) is 0. The van der Waals surface area contributed by atoms with E-state index in [1.807, 2.05) is 18.2 Å². The molecule has 0 bridgehead atoms. The molecule has 1 fully saturated rings. The first-order valence-corrected chi connectivity index (χ1v) is 7.32. The largest absolute Gasteiger partial charge is 0.365 e. The van der Waals surface area contributed by atoms with Gasteiger partial charge in [0.25, 0.3) is 0 Å². The maximum atomic E-state index is 6.31. The summed E-state index contributed by atoms with van der Waals surface area (Å²) < 4.78 is 0. The van der Waals surface area contributed by atoms with E-state index in [9.17, 15) is 0 Å². The van der Waals surface area contributed by atoms with Crippen LogP contribution in [0, 0.1) is 0 Å². The number of rotatable bonds is 3. The SMILES string of the molecule is CCCC1CN(c2ccc(Cl)cc2Cl)C(C)CN1. The second kappa shape index (κ2) is 6.14. The van der Waals surface area contributed by atoms with E-state index >= 15 is 0 Å². The maximum Gasteiger partial charge on any atom is 0.0654 e. The van der Waals surface area contributed by atoms with Crippen molar-refractivity contribution < 1.29 is 0 Å². The Morgan fingerprint density at radius 3 is 2.83 bits per heavy atom. The van der Waals surface area contributed by atoms with Crippen LogP contribution in [0.3, 0.4) is 0 Å². The van der Waals surface area contributed by atoms with Gasteiger partial charge in [0.15, 0.2) is 0 Å². The maximum absolute atomic E-state index is 6.31. The lowest BCUT2D eigenvalue weighted by Gasteiger charge is -2.40. The monoisotopic (exact) mass is 286 g/mol. The van der Waals surface area contributed by atoms with Crippen molar-refractivity contribution >= 4 is 28.9 Å². The molecule has 0 amide bonds. The van der Waals surface area contributed by atoms with Crippen LogP contribution in [0.25, 0.3) is 0 Å². The second-order valence-corrected chi connectivity index (χ2v) is 5.83. The summed E-state index contributed by atoms with van der Waals surface area (Å²) in [5, 5.41) is 5.02. The van der Waals surface area contributed by atoms with Gasteiger partial charge in [-0.3, -0.25) is 0 Å². The zero-order chi connectivity index (χ0) is 13.1. The highest BCUT2D eigenvalue weighted by Crippen LogP contribution is 2.31. The number of nitrogens with zero attached hydrogens (tertiary/aromatic N) is 1. The predicted molar refractivity (Wildman–Crippen MR) is 80.0 cm³/mol. The Labute approximate surface area is 119 Å². The molecule has 2 atom stereocenters. The molecule has 18 heavy (non-hydrogen) atoms. The first-order chi connectivity index (χ1) is 8.61. The average molecular weight is 287 g/mol. The van der Waals surface area contributed by atoms with Crippen LogP contribution >= 0.6 is 23.2 Å². The molecule has 0 radical (unpaired) electrons. The van der Waals surface area contributed by atoms with E-state index in [4.69, 9.17) is 23.2 Å². The minimum atomic E-state index is 0.455. The molecule has 1 aliphatic rings. The number of hydrogen-bond donors (Lipinski definition) is 1. The number of benzene rings is 1. The molecule has 2 rings (SSSR count). The van der Waals surface area contributed by atoms with Crippen molar-refractivity contribution in [1.82, 2.24) is 5.32 Å². The predicted octanol–water partition coefficient (Wildman–Crippen LogP) is 3.96. The third-order valence-corrected chi connectivity index (χ3v) is 4.05. The van der Waals surface area contributed by atoms with Gasteiger partial charge in [0.2, 0.25) is 0 Å². The zero-order valence-corrected chi connectivity index (χ0v) is 12.4. The fourth-order valence-electron chi connectivity index (χ4n) is 2.52. The lowest BCUT2D eigenvalue weighted by atomic mass is 10.1. The topological polar surface area (TPSA) is 15.3 Å². The fourth-order valence-corrected chi connectivity index (χ4v) is 3.04. The number of piperazine rings is 1. The number of hydrogen-bond acceptors (Lipinski definition) is 2. The van der Waals surface area contributed by atoms with Crippen molar-refractivity contribution in [3.8, 4) is 0 Å². The number of nitrogens with one attached hydrogen (secondary N) is 1. The van der Waals surface area contributed by atoms with Gasteiger partial charge in [0, 0.05) is 30.2 Å². The fraction of sp³-hybridized carbons (Fsp3) is 0.571. The highest BCUT2D eigenvalue weighted by Gasteiger charge is 2.25. The average Bonchev–Trinajstić information content (AvgIpc) is 2.33. The third kappa shape index (κ3) is 3.11. The minimum absolute atomic E-state index is 0.455. The first kappa shape index (κ1) is 14.0. The highest BCUT2D eigenvalue weighted by atomic mass is 35.5. The van der Waals surface area contributed by atoms with Crippen LogP contribution < -0.4 is 10.2 Å². The number of halogens is 2. The lowest BCUT2D eigenvalue weighted by molar-refractivity contribution is 0.386. The first-order valence-electron chi connectivity index (χ1n) is 6.57. The van der Waals surface area contributed by atoms with Crippen LogP contribution in [0.5, 0.6) is 0 Å². The molecular weight excluding hydrogens is 267 g/mol. The van der Waals surface area contributed by atoms with Gasteiger partial charge in [-0.2, -0.15) is 0 Å². The van der Waals surface area contributed by atoms with Crippen molar-refractivity contribution in [2.45, 2.75) is 38.8 Å². The summed E-state index contributed by atoms with van der Waals surface area (Å²) in [6.07, 6.45) is 2.41. The van der Waals surface area contributed by atoms with E-state index < -0.39 is 0 Å². The van der Waals surface area contributed by atoms with Gasteiger partial charge in [0.05, 0.1) is 10.7 Å². The van der Waals surface area contributed by atoms with Crippen LogP contribution in [0.1, 0.15) is 26.7 Å². The molecule has 1 heterocycles. The normalized spacial score (nSPS) is 24.3. The molecule has 100 valence electrons. The Hall–Kier alpha value is -0.440. The van der Waals surface area contributed by atoms with Crippen molar-refractivity contribution in [3.63, 3.8) is 0 Å². The Bertz CT molecular complexity index is 409. The Morgan fingerprint density at radius 1 is 1.39 bits per heavy atom. The molecule has 2 unspecified atom stereocenters. The molecule has 0 aliphatic carbocycles.